The predicted molar refractivity (Wildman–Crippen MR) is 60.7 cm³/mol. The number of hydrogen-bond donors (Lipinski definition) is 1. The van der Waals surface area contributed by atoms with Crippen LogP contribution in [0, 0.1) is 10.8 Å². The second-order valence-corrected chi connectivity index (χ2v) is 4.71. The van der Waals surface area contributed by atoms with Crippen LogP contribution in [-0.4, -0.2) is 11.3 Å². The molecule has 0 aromatic carbocycles. The third kappa shape index (κ3) is 0.788. The molecule has 0 bridgehead atoms. The highest BCUT2D eigenvalue weighted by Gasteiger charge is 2.54. The van der Waals surface area contributed by atoms with E-state index in [9.17, 15) is 5.11 Å². The first-order chi connectivity index (χ1) is 7.08. The first-order valence-electron chi connectivity index (χ1n) is 5.15. The topological polar surface area (TPSA) is 32.6 Å². The lowest BCUT2D eigenvalue weighted by molar-refractivity contribution is 0.326. The fraction of sp³-hybridized carbons (Fsp3) is 0.308. The smallest absolute Gasteiger partial charge is 0.137 e. The zero-order valence-electron chi connectivity index (χ0n) is 8.86. The van der Waals surface area contributed by atoms with E-state index in [1.54, 1.807) is 6.08 Å². The number of aliphatic hydroxyl groups excluding tert-OH is 1. The summed E-state index contributed by atoms with van der Waals surface area (Å²) in [6, 6.07) is 0. The quantitative estimate of drug-likeness (QED) is 0.639. The normalized spacial score (nSPS) is 40.8. The minimum absolute atomic E-state index is 0.0891. The maximum absolute atomic E-state index is 9.92. The SMILES string of the molecule is CC12C=CC3=CC=CC(O)=C(N=C1)C32C. The maximum atomic E-state index is 9.92. The van der Waals surface area contributed by atoms with Gasteiger partial charge in [0, 0.05) is 11.6 Å². The van der Waals surface area contributed by atoms with Crippen LogP contribution < -0.4 is 0 Å². The van der Waals surface area contributed by atoms with E-state index in [1.807, 2.05) is 12.3 Å². The molecule has 0 aromatic rings. The Kier molecular flexibility index (Phi) is 1.35. The monoisotopic (exact) mass is 199 g/mol. The lowest BCUT2D eigenvalue weighted by Gasteiger charge is -2.34. The first-order valence-corrected chi connectivity index (χ1v) is 5.15. The predicted octanol–water partition coefficient (Wildman–Crippen LogP) is 2.92. The Labute approximate surface area is 89.0 Å². The fourth-order valence-corrected chi connectivity index (χ4v) is 2.67. The van der Waals surface area contributed by atoms with Gasteiger partial charge in [0.15, 0.2) is 0 Å². The molecule has 0 fully saturated rings. The summed E-state index contributed by atoms with van der Waals surface area (Å²) >= 11 is 0. The Bertz CT molecular complexity index is 493. The minimum atomic E-state index is -0.194. The van der Waals surface area contributed by atoms with E-state index in [0.29, 0.717) is 0 Å². The second-order valence-electron chi connectivity index (χ2n) is 4.71. The van der Waals surface area contributed by atoms with Crippen LogP contribution in [0.5, 0.6) is 0 Å². The van der Waals surface area contributed by atoms with Gasteiger partial charge in [-0.3, -0.25) is 4.99 Å². The molecular formula is C13H13NO. The van der Waals surface area contributed by atoms with Gasteiger partial charge in [0.2, 0.25) is 0 Å². The van der Waals surface area contributed by atoms with Crippen LogP contribution in [0.3, 0.4) is 0 Å². The first kappa shape index (κ1) is 8.72. The lowest BCUT2D eigenvalue weighted by Crippen LogP contribution is -2.32. The number of hydrogen-bond acceptors (Lipinski definition) is 2. The molecule has 1 heterocycles. The fourth-order valence-electron chi connectivity index (χ4n) is 2.67. The molecule has 76 valence electrons. The Morgan fingerprint density at radius 2 is 2.07 bits per heavy atom. The Morgan fingerprint density at radius 3 is 2.87 bits per heavy atom. The molecule has 15 heavy (non-hydrogen) atoms. The highest BCUT2D eigenvalue weighted by molar-refractivity contribution is 5.81. The van der Waals surface area contributed by atoms with Gasteiger partial charge in [-0.2, -0.15) is 0 Å². The van der Waals surface area contributed by atoms with Crippen molar-refractivity contribution < 1.29 is 5.11 Å². The summed E-state index contributed by atoms with van der Waals surface area (Å²) in [5.74, 6) is 0.285. The van der Waals surface area contributed by atoms with Crippen LogP contribution in [0.2, 0.25) is 0 Å². The Hall–Kier alpha value is -1.57. The average molecular weight is 199 g/mol. The highest BCUT2D eigenvalue weighted by atomic mass is 16.3. The van der Waals surface area contributed by atoms with E-state index in [0.717, 1.165) is 5.70 Å². The summed E-state index contributed by atoms with van der Waals surface area (Å²) in [6.45, 7) is 4.30. The molecule has 2 unspecified atom stereocenters. The molecular weight excluding hydrogens is 186 g/mol. The standard InChI is InChI=1S/C13H13NO/c1-12-7-6-9-4-3-5-10(15)11(14-8-12)13(9,12)2/h3-8,15H,1-2H3. The minimum Gasteiger partial charge on any atom is -0.506 e. The van der Waals surface area contributed by atoms with Crippen molar-refractivity contribution in [1.29, 1.82) is 0 Å². The third-order valence-corrected chi connectivity index (χ3v) is 3.97. The summed E-state index contributed by atoms with van der Waals surface area (Å²) in [5.41, 5.74) is 1.72. The summed E-state index contributed by atoms with van der Waals surface area (Å²) in [5, 5.41) is 9.92. The van der Waals surface area contributed by atoms with Crippen molar-refractivity contribution in [3.63, 3.8) is 0 Å². The third-order valence-electron chi connectivity index (χ3n) is 3.97. The summed E-state index contributed by atoms with van der Waals surface area (Å²) in [6.07, 6.45) is 11.9. The average Bonchev–Trinajstić information content (AvgIpc) is 2.53. The van der Waals surface area contributed by atoms with Crippen LogP contribution in [0.4, 0.5) is 0 Å². The molecule has 2 atom stereocenters. The van der Waals surface area contributed by atoms with Crippen molar-refractivity contribution in [2.75, 3.05) is 0 Å². The Balaban J connectivity index is 2.36. The number of aliphatic imine (C=N–C) groups is 1. The summed E-state index contributed by atoms with van der Waals surface area (Å²) < 4.78 is 0. The number of allylic oxidation sites excluding steroid dienone is 6. The van der Waals surface area contributed by atoms with Gasteiger partial charge in [-0.1, -0.05) is 24.3 Å². The summed E-state index contributed by atoms with van der Waals surface area (Å²) in [7, 11) is 0. The van der Waals surface area contributed by atoms with E-state index in [-0.39, 0.29) is 16.6 Å². The second kappa shape index (κ2) is 2.32. The largest absolute Gasteiger partial charge is 0.506 e. The van der Waals surface area contributed by atoms with Gasteiger partial charge in [-0.25, -0.2) is 0 Å². The van der Waals surface area contributed by atoms with Gasteiger partial charge in [-0.15, -0.1) is 0 Å². The molecule has 3 rings (SSSR count). The van der Waals surface area contributed by atoms with Gasteiger partial charge in [0.1, 0.15) is 5.76 Å². The molecule has 0 aromatic heterocycles. The highest BCUT2D eigenvalue weighted by Crippen LogP contribution is 2.59. The van der Waals surface area contributed by atoms with Gasteiger partial charge in [0.05, 0.1) is 11.1 Å². The Morgan fingerprint density at radius 1 is 1.27 bits per heavy atom. The van der Waals surface area contributed by atoms with Crippen LogP contribution in [0.1, 0.15) is 13.8 Å². The van der Waals surface area contributed by atoms with E-state index in [4.69, 9.17) is 0 Å². The van der Waals surface area contributed by atoms with Crippen molar-refractivity contribution in [1.82, 2.24) is 0 Å². The summed E-state index contributed by atoms with van der Waals surface area (Å²) in [4.78, 5) is 4.39. The zero-order chi connectivity index (χ0) is 10.7. The number of nitrogens with zero attached hydrogens (tertiary/aromatic N) is 1. The molecule has 0 saturated carbocycles. The molecule has 2 nitrogen and oxygen atoms in total. The molecule has 0 radical (unpaired) electrons. The van der Waals surface area contributed by atoms with E-state index < -0.39 is 0 Å². The van der Waals surface area contributed by atoms with Crippen LogP contribution in [0.15, 0.2) is 52.4 Å². The zero-order valence-corrected chi connectivity index (χ0v) is 8.86. The van der Waals surface area contributed by atoms with Crippen molar-refractivity contribution in [2.45, 2.75) is 13.8 Å². The molecule has 3 aliphatic rings. The van der Waals surface area contributed by atoms with Crippen molar-refractivity contribution in [3.05, 3.63) is 47.4 Å². The van der Waals surface area contributed by atoms with E-state index in [2.05, 4.69) is 37.1 Å². The molecule has 0 spiro atoms. The van der Waals surface area contributed by atoms with Gasteiger partial charge in [0.25, 0.3) is 0 Å². The molecule has 0 amide bonds. The van der Waals surface area contributed by atoms with Gasteiger partial charge >= 0.3 is 0 Å². The number of aliphatic hydroxyl groups is 1. The molecule has 1 aliphatic heterocycles. The maximum Gasteiger partial charge on any atom is 0.137 e. The van der Waals surface area contributed by atoms with Crippen LogP contribution in [0.25, 0.3) is 0 Å². The van der Waals surface area contributed by atoms with Crippen molar-refractivity contribution in [2.24, 2.45) is 15.8 Å². The molecule has 1 N–H and O–H groups in total. The molecule has 0 saturated heterocycles. The molecule has 2 heteroatoms. The van der Waals surface area contributed by atoms with Gasteiger partial charge in [-0.05, 0) is 25.5 Å². The van der Waals surface area contributed by atoms with E-state index in [1.165, 1.54) is 5.57 Å². The van der Waals surface area contributed by atoms with Crippen LogP contribution >= 0.6 is 0 Å². The number of rotatable bonds is 0. The molecule has 2 aliphatic carbocycles. The van der Waals surface area contributed by atoms with Crippen LogP contribution in [-0.2, 0) is 0 Å². The van der Waals surface area contributed by atoms with E-state index >= 15 is 0 Å². The van der Waals surface area contributed by atoms with Crippen molar-refractivity contribution in [3.8, 4) is 0 Å². The van der Waals surface area contributed by atoms with Gasteiger partial charge < -0.3 is 5.11 Å². The van der Waals surface area contributed by atoms with Crippen molar-refractivity contribution >= 4 is 6.21 Å². The lowest BCUT2D eigenvalue weighted by atomic mass is 9.66.